The van der Waals surface area contributed by atoms with Crippen LogP contribution in [-0.2, 0) is 22.5 Å². The van der Waals surface area contributed by atoms with Gasteiger partial charge >= 0.3 is 0 Å². The molecule has 2 aliphatic rings. The first-order valence-corrected chi connectivity index (χ1v) is 7.01. The van der Waals surface area contributed by atoms with Gasteiger partial charge in [0.25, 0.3) is 0 Å². The van der Waals surface area contributed by atoms with Crippen LogP contribution >= 0.6 is 0 Å². The molecule has 0 bridgehead atoms. The van der Waals surface area contributed by atoms with Crippen molar-refractivity contribution in [3.05, 3.63) is 35.4 Å². The minimum Gasteiger partial charge on any atom is -0.380 e. The summed E-state index contributed by atoms with van der Waals surface area (Å²) in [6.07, 6.45) is 1.74. The van der Waals surface area contributed by atoms with Crippen LogP contribution in [0.4, 0.5) is 0 Å². The monoisotopic (exact) mass is 260 g/mol. The number of rotatable bonds is 1. The fourth-order valence-electron chi connectivity index (χ4n) is 2.82. The van der Waals surface area contributed by atoms with Gasteiger partial charge in [0.05, 0.1) is 12.6 Å². The van der Waals surface area contributed by atoms with Gasteiger partial charge in [-0.15, -0.1) is 0 Å². The Balaban J connectivity index is 1.68. The third-order valence-corrected chi connectivity index (χ3v) is 3.91. The number of carbonyl (C=O) groups is 1. The molecule has 1 amide bonds. The first-order chi connectivity index (χ1) is 9.34. The number of nitrogens with one attached hydrogen (secondary N) is 1. The number of hydrogen-bond donors (Lipinski definition) is 1. The van der Waals surface area contributed by atoms with Crippen molar-refractivity contribution < 1.29 is 9.53 Å². The van der Waals surface area contributed by atoms with Crippen molar-refractivity contribution in [2.45, 2.75) is 25.4 Å². The van der Waals surface area contributed by atoms with Crippen LogP contribution in [0, 0.1) is 0 Å². The average molecular weight is 260 g/mol. The summed E-state index contributed by atoms with van der Waals surface area (Å²) >= 11 is 0. The third kappa shape index (κ3) is 2.80. The summed E-state index contributed by atoms with van der Waals surface area (Å²) in [4.78, 5) is 14.5. The van der Waals surface area contributed by atoms with E-state index in [1.165, 1.54) is 11.1 Å². The molecule has 1 fully saturated rings. The van der Waals surface area contributed by atoms with Crippen LogP contribution in [-0.4, -0.2) is 43.2 Å². The molecule has 3 rings (SSSR count). The highest BCUT2D eigenvalue weighted by Crippen LogP contribution is 2.17. The smallest absolute Gasteiger partial charge is 0.240 e. The van der Waals surface area contributed by atoms with Crippen molar-refractivity contribution in [3.8, 4) is 0 Å². The molecule has 2 aliphatic heterocycles. The minimum absolute atomic E-state index is 0.0759. The number of fused-ring (bicyclic) bond motifs is 1. The van der Waals surface area contributed by atoms with E-state index < -0.39 is 0 Å². The fraction of sp³-hybridized carbons (Fsp3) is 0.533. The van der Waals surface area contributed by atoms with Gasteiger partial charge in [0.2, 0.25) is 5.91 Å². The van der Waals surface area contributed by atoms with Crippen molar-refractivity contribution in [2.75, 3.05) is 26.3 Å². The first kappa shape index (κ1) is 12.6. The molecule has 0 spiro atoms. The molecule has 0 radical (unpaired) electrons. The van der Waals surface area contributed by atoms with Gasteiger partial charge in [-0.3, -0.25) is 4.79 Å². The zero-order valence-corrected chi connectivity index (χ0v) is 11.1. The van der Waals surface area contributed by atoms with Crippen molar-refractivity contribution in [1.29, 1.82) is 0 Å². The van der Waals surface area contributed by atoms with E-state index in [0.29, 0.717) is 6.61 Å². The molecule has 1 unspecified atom stereocenters. The van der Waals surface area contributed by atoms with Crippen molar-refractivity contribution in [2.24, 2.45) is 0 Å². The summed E-state index contributed by atoms with van der Waals surface area (Å²) < 4.78 is 5.40. The second-order valence-corrected chi connectivity index (χ2v) is 5.20. The Morgan fingerprint density at radius 3 is 2.95 bits per heavy atom. The van der Waals surface area contributed by atoms with Crippen molar-refractivity contribution in [1.82, 2.24) is 10.2 Å². The zero-order chi connectivity index (χ0) is 13.1. The maximum atomic E-state index is 12.5. The highest BCUT2D eigenvalue weighted by atomic mass is 16.5. The van der Waals surface area contributed by atoms with Crippen LogP contribution in [0.3, 0.4) is 0 Å². The standard InChI is InChI=1S/C15H20N2O2/c18-15(17-6-3-8-19-9-7-17)14-10-12-4-1-2-5-13(12)11-16-14/h1-2,4-5,14,16H,3,6-11H2. The summed E-state index contributed by atoms with van der Waals surface area (Å²) in [5.41, 5.74) is 2.61. The lowest BCUT2D eigenvalue weighted by Crippen LogP contribution is -2.50. The number of amides is 1. The molecule has 102 valence electrons. The van der Waals surface area contributed by atoms with E-state index >= 15 is 0 Å². The quantitative estimate of drug-likeness (QED) is 0.817. The molecule has 4 nitrogen and oxygen atoms in total. The molecule has 1 saturated heterocycles. The van der Waals surface area contributed by atoms with Gasteiger partial charge in [-0.25, -0.2) is 0 Å². The van der Waals surface area contributed by atoms with Crippen LogP contribution in [0.15, 0.2) is 24.3 Å². The Hall–Kier alpha value is -1.39. The molecular weight excluding hydrogens is 240 g/mol. The molecule has 0 aliphatic carbocycles. The van der Waals surface area contributed by atoms with Crippen LogP contribution < -0.4 is 5.32 Å². The van der Waals surface area contributed by atoms with Gasteiger partial charge in [-0.05, 0) is 24.0 Å². The minimum atomic E-state index is -0.0759. The van der Waals surface area contributed by atoms with E-state index in [0.717, 1.165) is 39.1 Å². The number of nitrogens with zero attached hydrogens (tertiary/aromatic N) is 1. The zero-order valence-electron chi connectivity index (χ0n) is 11.1. The molecule has 2 heterocycles. The van der Waals surface area contributed by atoms with Crippen molar-refractivity contribution in [3.63, 3.8) is 0 Å². The maximum Gasteiger partial charge on any atom is 0.240 e. The lowest BCUT2D eigenvalue weighted by Gasteiger charge is -2.30. The van der Waals surface area contributed by atoms with Gasteiger partial charge < -0.3 is 15.0 Å². The molecule has 4 heteroatoms. The number of carbonyl (C=O) groups excluding carboxylic acids is 1. The topological polar surface area (TPSA) is 41.6 Å². The summed E-state index contributed by atoms with van der Waals surface area (Å²) in [7, 11) is 0. The van der Waals surface area contributed by atoms with Gasteiger partial charge in [0.1, 0.15) is 0 Å². The second-order valence-electron chi connectivity index (χ2n) is 5.20. The highest BCUT2D eigenvalue weighted by Gasteiger charge is 2.28. The molecule has 19 heavy (non-hydrogen) atoms. The Bertz CT molecular complexity index is 453. The molecule has 1 N–H and O–H groups in total. The fourth-order valence-corrected chi connectivity index (χ4v) is 2.82. The number of hydrogen-bond acceptors (Lipinski definition) is 3. The summed E-state index contributed by atoms with van der Waals surface area (Å²) in [5.74, 6) is 0.222. The molecule has 1 aromatic rings. The first-order valence-electron chi connectivity index (χ1n) is 7.01. The SMILES string of the molecule is O=C(C1Cc2ccccc2CN1)N1CCCOCC1. The van der Waals surface area contributed by atoms with E-state index in [9.17, 15) is 4.79 Å². The lowest BCUT2D eigenvalue weighted by atomic mass is 9.95. The van der Waals surface area contributed by atoms with Crippen LogP contribution in [0.25, 0.3) is 0 Å². The molecule has 0 aromatic heterocycles. The van der Waals surface area contributed by atoms with Crippen LogP contribution in [0.2, 0.25) is 0 Å². The normalized spacial score (nSPS) is 23.6. The van der Waals surface area contributed by atoms with Gasteiger partial charge in [-0.1, -0.05) is 24.3 Å². The summed E-state index contributed by atoms with van der Waals surface area (Å²) in [6, 6.07) is 8.28. The largest absolute Gasteiger partial charge is 0.380 e. The van der Waals surface area contributed by atoms with Crippen LogP contribution in [0.5, 0.6) is 0 Å². The van der Waals surface area contributed by atoms with E-state index in [1.807, 2.05) is 11.0 Å². The molecular formula is C15H20N2O2. The van der Waals surface area contributed by atoms with E-state index in [-0.39, 0.29) is 11.9 Å². The summed E-state index contributed by atoms with van der Waals surface area (Å²) in [6.45, 7) is 3.76. The Kier molecular flexibility index (Phi) is 3.80. The van der Waals surface area contributed by atoms with Gasteiger partial charge in [0.15, 0.2) is 0 Å². The Morgan fingerprint density at radius 2 is 2.05 bits per heavy atom. The molecule has 1 atom stereocenters. The highest BCUT2D eigenvalue weighted by molar-refractivity contribution is 5.82. The van der Waals surface area contributed by atoms with Crippen LogP contribution in [0.1, 0.15) is 17.5 Å². The summed E-state index contributed by atoms with van der Waals surface area (Å²) in [5, 5.41) is 3.36. The van der Waals surface area contributed by atoms with Crippen molar-refractivity contribution >= 4 is 5.91 Å². The lowest BCUT2D eigenvalue weighted by molar-refractivity contribution is -0.133. The van der Waals surface area contributed by atoms with Gasteiger partial charge in [0, 0.05) is 26.2 Å². The Morgan fingerprint density at radius 1 is 1.21 bits per heavy atom. The average Bonchev–Trinajstić information content (AvgIpc) is 2.75. The number of benzene rings is 1. The van der Waals surface area contributed by atoms with Gasteiger partial charge in [-0.2, -0.15) is 0 Å². The predicted molar refractivity (Wildman–Crippen MR) is 72.8 cm³/mol. The molecule has 0 saturated carbocycles. The predicted octanol–water partition coefficient (Wildman–Crippen LogP) is 0.950. The van der Waals surface area contributed by atoms with E-state index in [1.54, 1.807) is 0 Å². The van der Waals surface area contributed by atoms with E-state index in [2.05, 4.69) is 23.5 Å². The second kappa shape index (κ2) is 5.72. The third-order valence-electron chi connectivity index (χ3n) is 3.91. The van der Waals surface area contributed by atoms with E-state index in [4.69, 9.17) is 4.74 Å². The maximum absolute atomic E-state index is 12.5. The molecule has 1 aromatic carbocycles. The Labute approximate surface area is 113 Å². The number of ether oxygens (including phenoxy) is 1.